The molecule has 3 aliphatic rings. The van der Waals surface area contributed by atoms with Gasteiger partial charge in [0.1, 0.15) is 0 Å². The van der Waals surface area contributed by atoms with Crippen molar-refractivity contribution in [1.82, 2.24) is 14.9 Å². The second kappa shape index (κ2) is 17.4. The summed E-state index contributed by atoms with van der Waals surface area (Å²) in [5.41, 5.74) is 5.93. The van der Waals surface area contributed by atoms with Crippen LogP contribution in [0.25, 0.3) is 21.8 Å². The number of hydrogen-bond acceptors (Lipinski definition) is 6. The number of H-pyrrole nitrogens is 2. The van der Waals surface area contributed by atoms with Crippen LogP contribution in [0.2, 0.25) is 18.6 Å². The first kappa shape index (κ1) is 44.0. The highest BCUT2D eigenvalue weighted by molar-refractivity contribution is 6.72. The van der Waals surface area contributed by atoms with E-state index in [-0.39, 0.29) is 50.1 Å². The molecule has 0 aliphatic carbocycles. The molecule has 1 fully saturated rings. The molecule has 5 N–H and O–H groups in total. The van der Waals surface area contributed by atoms with E-state index in [0.29, 0.717) is 35.6 Å². The molecule has 0 radical (unpaired) electrons. The molecule has 67 heavy (non-hydrogen) atoms. The zero-order chi connectivity index (χ0) is 46.6. The Balaban J connectivity index is 0.962. The first-order chi connectivity index (χ1) is 32.3. The average Bonchev–Trinajstić information content (AvgIpc) is 4.05. The van der Waals surface area contributed by atoms with Crippen LogP contribution < -0.4 is 15.5 Å². The van der Waals surface area contributed by atoms with E-state index in [2.05, 4.69) is 20.6 Å². The van der Waals surface area contributed by atoms with Crippen molar-refractivity contribution < 1.29 is 33.1 Å². The third-order valence-corrected chi connectivity index (χ3v) is 16.6. The van der Waals surface area contributed by atoms with Crippen LogP contribution in [0.15, 0.2) is 128 Å². The number of aromatic nitrogens is 2. The summed E-state index contributed by atoms with van der Waals surface area (Å²) < 4.78 is 24.0. The van der Waals surface area contributed by atoms with Crippen molar-refractivity contribution >= 4 is 70.9 Å². The van der Waals surface area contributed by atoms with E-state index < -0.39 is 43.5 Å². The largest absolute Gasteiger partial charge is 0.394 e. The van der Waals surface area contributed by atoms with E-state index in [0.717, 1.165) is 49.6 Å². The summed E-state index contributed by atoms with van der Waals surface area (Å²) in [6.45, 7) is 5.20. The fourth-order valence-electron chi connectivity index (χ4n) is 11.1. The maximum absolute atomic E-state index is 17.0. The van der Waals surface area contributed by atoms with Crippen LogP contribution >= 0.6 is 0 Å². The van der Waals surface area contributed by atoms with Crippen molar-refractivity contribution in [3.05, 3.63) is 161 Å². The molecule has 10 rings (SSSR count). The Morgan fingerprint density at radius 2 is 1.42 bits per heavy atom. The molecule has 4 amide bonds. The number of anilines is 3. The molecule has 2 aromatic heterocycles. The number of fused-ring (bicyclic) bond motifs is 5. The third kappa shape index (κ3) is 8.12. The van der Waals surface area contributed by atoms with Crippen molar-refractivity contribution in [2.24, 2.45) is 5.92 Å². The molecule has 5 aromatic carbocycles. The molecule has 3 aliphatic heterocycles. The topological polar surface area (TPSA) is 160 Å². The number of amides is 4. The zero-order valence-corrected chi connectivity index (χ0v) is 38.6. The summed E-state index contributed by atoms with van der Waals surface area (Å²) in [5.74, 6) is -1.85. The lowest BCUT2D eigenvalue weighted by atomic mass is 9.82. The number of halogens is 1. The second-order valence-electron chi connectivity index (χ2n) is 18.8. The van der Waals surface area contributed by atoms with Gasteiger partial charge in [-0.2, -0.15) is 0 Å². The zero-order valence-electron chi connectivity index (χ0n) is 37.6. The quantitative estimate of drug-likeness (QED) is 0.0610. The van der Waals surface area contributed by atoms with Crippen molar-refractivity contribution in [3.8, 4) is 0 Å². The number of benzene rings is 5. The van der Waals surface area contributed by atoms with Crippen LogP contribution in [0, 0.1) is 5.92 Å². The van der Waals surface area contributed by atoms with Crippen molar-refractivity contribution in [2.45, 2.75) is 82.1 Å². The van der Waals surface area contributed by atoms with Crippen LogP contribution in [0.4, 0.5) is 21.2 Å². The summed E-state index contributed by atoms with van der Waals surface area (Å²) in [6, 6.07) is 35.6. The Morgan fingerprint density at radius 3 is 2.06 bits per heavy atom. The highest BCUT2D eigenvalue weighted by Crippen LogP contribution is 2.61. The van der Waals surface area contributed by atoms with Gasteiger partial charge in [-0.25, -0.2) is 0 Å². The van der Waals surface area contributed by atoms with E-state index in [9.17, 15) is 19.5 Å². The molecule has 1 saturated heterocycles. The SMILES string of the molecule is C[C@@H]1[C@@H]([Si](C)(C)F)[C@H](CC(=O)N2Cc3ccccc3C[C@H]2CO)O[C@@]12C(=O)N(Cc1cccc(NC(=O)Cc3c[nH]c4ccccc34)c1)c1ccc(NC(=O)Cc3c[nH]c4ccccc34)cc12. The minimum absolute atomic E-state index is 0.0954. The number of nitrogens with one attached hydrogen (secondary N) is 4. The molecule has 342 valence electrons. The number of aliphatic hydroxyl groups excluding tert-OH is 1. The molecular weight excluding hydrogens is 864 g/mol. The van der Waals surface area contributed by atoms with Gasteiger partial charge in [-0.3, -0.25) is 19.2 Å². The van der Waals surface area contributed by atoms with Crippen LogP contribution in [0.1, 0.15) is 46.7 Å². The number of aromatic amines is 2. The summed E-state index contributed by atoms with van der Waals surface area (Å²) in [5, 5.41) is 18.4. The van der Waals surface area contributed by atoms with E-state index in [1.165, 1.54) is 0 Å². The predicted molar refractivity (Wildman–Crippen MR) is 260 cm³/mol. The molecule has 0 bridgehead atoms. The number of rotatable bonds is 12. The monoisotopic (exact) mass is 916 g/mol. The smallest absolute Gasteiger partial charge is 0.264 e. The molecule has 1 spiro atoms. The van der Waals surface area contributed by atoms with Crippen LogP contribution in [-0.4, -0.2) is 70.8 Å². The summed E-state index contributed by atoms with van der Waals surface area (Å²) >= 11 is 0. The van der Waals surface area contributed by atoms with Gasteiger partial charge in [0, 0.05) is 69.1 Å². The highest BCUT2D eigenvalue weighted by atomic mass is 28.4. The van der Waals surface area contributed by atoms with Crippen molar-refractivity contribution in [1.29, 1.82) is 0 Å². The predicted octanol–water partition coefficient (Wildman–Crippen LogP) is 8.67. The molecule has 7 aromatic rings. The lowest BCUT2D eigenvalue weighted by Crippen LogP contribution is -2.48. The number of hydrogen-bond donors (Lipinski definition) is 5. The van der Waals surface area contributed by atoms with Crippen LogP contribution in [0.3, 0.4) is 0 Å². The highest BCUT2D eigenvalue weighted by Gasteiger charge is 2.67. The van der Waals surface area contributed by atoms with Gasteiger partial charge in [-0.05, 0) is 89.8 Å². The molecule has 14 heteroatoms. The Kier molecular flexibility index (Phi) is 11.4. The van der Waals surface area contributed by atoms with Gasteiger partial charge in [0.25, 0.3) is 5.91 Å². The minimum atomic E-state index is -3.68. The summed E-state index contributed by atoms with van der Waals surface area (Å²) in [4.78, 5) is 66.7. The maximum Gasteiger partial charge on any atom is 0.264 e. The second-order valence-corrected chi connectivity index (χ2v) is 22.6. The Morgan fingerprint density at radius 1 is 0.806 bits per heavy atom. The molecular formula is C53H53FN6O6Si. The number of carbonyl (C=O) groups excluding carboxylic acids is 4. The Bertz CT molecular complexity index is 3070. The lowest BCUT2D eigenvalue weighted by molar-refractivity contribution is -0.151. The third-order valence-electron chi connectivity index (χ3n) is 14.1. The van der Waals surface area contributed by atoms with Gasteiger partial charge in [0.05, 0.1) is 50.2 Å². The van der Waals surface area contributed by atoms with Gasteiger partial charge < -0.3 is 44.4 Å². The Labute approximate surface area is 388 Å². The number of carbonyl (C=O) groups is 4. The van der Waals surface area contributed by atoms with Gasteiger partial charge in [-0.15, -0.1) is 0 Å². The lowest BCUT2D eigenvalue weighted by Gasteiger charge is -2.37. The Hall–Kier alpha value is -6.87. The number of ether oxygens (including phenoxy) is 1. The van der Waals surface area contributed by atoms with Gasteiger partial charge in [-0.1, -0.05) is 79.7 Å². The average molecular weight is 917 g/mol. The minimum Gasteiger partial charge on any atom is -0.394 e. The van der Waals surface area contributed by atoms with Crippen molar-refractivity contribution in [3.63, 3.8) is 0 Å². The van der Waals surface area contributed by atoms with Crippen LogP contribution in [0.5, 0.6) is 0 Å². The number of nitrogens with zero attached hydrogens (tertiary/aromatic N) is 2. The van der Waals surface area contributed by atoms with E-state index in [4.69, 9.17) is 4.74 Å². The normalized spacial score (nSPS) is 21.2. The summed E-state index contributed by atoms with van der Waals surface area (Å²) in [6.07, 6.45) is 3.28. The first-order valence-electron chi connectivity index (χ1n) is 22.9. The van der Waals surface area contributed by atoms with Crippen molar-refractivity contribution in [2.75, 3.05) is 22.1 Å². The van der Waals surface area contributed by atoms with E-state index in [1.807, 2.05) is 110 Å². The summed E-state index contributed by atoms with van der Waals surface area (Å²) in [7, 11) is -3.68. The number of para-hydroxylation sites is 2. The fraction of sp³-hybridized carbons (Fsp3) is 0.283. The van der Waals surface area contributed by atoms with Gasteiger partial charge in [0.2, 0.25) is 26.1 Å². The van der Waals surface area contributed by atoms with E-state index in [1.54, 1.807) is 47.2 Å². The van der Waals surface area contributed by atoms with Gasteiger partial charge >= 0.3 is 0 Å². The van der Waals surface area contributed by atoms with Gasteiger partial charge in [0.15, 0.2) is 5.60 Å². The standard InChI is InChI=1S/C53H53FN6O6Si/c1-32-51(67(2,3)54)47(26-50(64)59-30-35-13-5-4-12-34(35)22-40(59)31-61)66-53(32)43-25-39(58-49(63)24-37-28-56-45-18-9-7-16-42(37)45)19-20-46(43)60(52(53)65)29-33-11-10-14-38(21-33)57-48(62)23-36-27-55-44-17-8-6-15-41(36)44/h4-21,25,27-28,32,40,47,51,55-56,61H,22-24,26,29-31H2,1-3H3,(H,57,62)(H,58,63)/t32-,40+,47+,51-,53+/m1/s1. The molecule has 5 heterocycles. The molecule has 5 atom stereocenters. The molecule has 12 nitrogen and oxygen atoms in total. The molecule has 0 saturated carbocycles. The molecule has 0 unspecified atom stereocenters. The number of aliphatic hydroxyl groups is 1. The first-order valence-corrected chi connectivity index (χ1v) is 25.8. The maximum atomic E-state index is 17.0. The fourth-order valence-corrected chi connectivity index (χ4v) is 13.5. The van der Waals surface area contributed by atoms with Crippen LogP contribution in [-0.2, 0) is 61.9 Å². The van der Waals surface area contributed by atoms with E-state index >= 15 is 8.90 Å².